The van der Waals surface area contributed by atoms with Crippen LogP contribution in [0.15, 0.2) is 24.3 Å². The van der Waals surface area contributed by atoms with Crippen molar-refractivity contribution in [2.75, 3.05) is 13.6 Å². The minimum Gasteiger partial charge on any atom is -0.329 e. The third-order valence-electron chi connectivity index (χ3n) is 4.52. The van der Waals surface area contributed by atoms with Gasteiger partial charge in [0.15, 0.2) is 0 Å². The van der Waals surface area contributed by atoms with Crippen LogP contribution in [-0.2, 0) is 6.54 Å². The van der Waals surface area contributed by atoms with Crippen molar-refractivity contribution in [3.05, 3.63) is 35.4 Å². The second kappa shape index (κ2) is 5.41. The van der Waals surface area contributed by atoms with Crippen molar-refractivity contribution in [2.24, 2.45) is 11.7 Å². The van der Waals surface area contributed by atoms with Gasteiger partial charge in [-0.1, -0.05) is 36.8 Å². The molecule has 100 valence electrons. The third kappa shape index (κ3) is 2.76. The highest BCUT2D eigenvalue weighted by molar-refractivity contribution is 5.22. The standard InChI is InChI=1S/C16H26N2/c1-13-5-4-6-15(9-13)11-18(3)16(12-17)8-7-14(2)10-16/h4-6,9,14H,7-8,10-12,17H2,1-3H3. The van der Waals surface area contributed by atoms with E-state index >= 15 is 0 Å². The van der Waals surface area contributed by atoms with Crippen molar-refractivity contribution >= 4 is 0 Å². The molecule has 2 atom stereocenters. The van der Waals surface area contributed by atoms with Gasteiger partial charge in [-0.05, 0) is 44.7 Å². The summed E-state index contributed by atoms with van der Waals surface area (Å²) in [6, 6.07) is 8.79. The number of nitrogens with two attached hydrogens (primary N) is 1. The number of hydrogen-bond acceptors (Lipinski definition) is 2. The molecule has 1 saturated carbocycles. The Labute approximate surface area is 111 Å². The Balaban J connectivity index is 2.09. The maximum atomic E-state index is 6.07. The zero-order chi connectivity index (χ0) is 13.2. The Morgan fingerprint density at radius 2 is 2.22 bits per heavy atom. The molecule has 1 aliphatic carbocycles. The summed E-state index contributed by atoms with van der Waals surface area (Å²) in [6.45, 7) is 6.28. The summed E-state index contributed by atoms with van der Waals surface area (Å²) >= 11 is 0. The van der Waals surface area contributed by atoms with Gasteiger partial charge in [-0.3, -0.25) is 4.90 Å². The number of aryl methyl sites for hydroxylation is 1. The van der Waals surface area contributed by atoms with Gasteiger partial charge in [-0.15, -0.1) is 0 Å². The molecule has 0 radical (unpaired) electrons. The molecule has 1 aromatic carbocycles. The van der Waals surface area contributed by atoms with Crippen LogP contribution in [0.2, 0.25) is 0 Å². The van der Waals surface area contributed by atoms with E-state index in [9.17, 15) is 0 Å². The maximum Gasteiger partial charge on any atom is 0.0334 e. The van der Waals surface area contributed by atoms with E-state index in [1.165, 1.54) is 30.4 Å². The molecule has 1 aliphatic rings. The van der Waals surface area contributed by atoms with Gasteiger partial charge in [-0.2, -0.15) is 0 Å². The van der Waals surface area contributed by atoms with Gasteiger partial charge in [0.2, 0.25) is 0 Å². The Morgan fingerprint density at radius 3 is 2.78 bits per heavy atom. The van der Waals surface area contributed by atoms with Crippen molar-refractivity contribution in [1.82, 2.24) is 4.90 Å². The molecular weight excluding hydrogens is 220 g/mol. The van der Waals surface area contributed by atoms with E-state index in [-0.39, 0.29) is 5.54 Å². The van der Waals surface area contributed by atoms with Gasteiger partial charge < -0.3 is 5.73 Å². The van der Waals surface area contributed by atoms with E-state index in [0.717, 1.165) is 19.0 Å². The molecule has 0 aromatic heterocycles. The van der Waals surface area contributed by atoms with Crippen molar-refractivity contribution in [3.63, 3.8) is 0 Å². The number of rotatable bonds is 4. The molecule has 0 aliphatic heterocycles. The fraction of sp³-hybridized carbons (Fsp3) is 0.625. The van der Waals surface area contributed by atoms with Gasteiger partial charge in [0.05, 0.1) is 0 Å². The highest BCUT2D eigenvalue weighted by atomic mass is 15.2. The molecule has 0 bridgehead atoms. The highest BCUT2D eigenvalue weighted by Crippen LogP contribution is 2.38. The molecule has 2 heteroatoms. The first kappa shape index (κ1) is 13.6. The van der Waals surface area contributed by atoms with Gasteiger partial charge in [0, 0.05) is 18.6 Å². The molecule has 2 unspecified atom stereocenters. The smallest absolute Gasteiger partial charge is 0.0334 e. The molecule has 0 amide bonds. The zero-order valence-electron chi connectivity index (χ0n) is 11.9. The number of benzene rings is 1. The normalized spacial score (nSPS) is 27.9. The first-order valence-corrected chi connectivity index (χ1v) is 7.02. The van der Waals surface area contributed by atoms with Crippen molar-refractivity contribution in [2.45, 2.75) is 45.2 Å². The lowest BCUT2D eigenvalue weighted by Gasteiger charge is -2.38. The molecule has 18 heavy (non-hydrogen) atoms. The molecule has 2 rings (SSSR count). The number of nitrogens with zero attached hydrogens (tertiary/aromatic N) is 1. The molecule has 1 aromatic rings. The summed E-state index contributed by atoms with van der Waals surface area (Å²) in [7, 11) is 2.23. The van der Waals surface area contributed by atoms with Crippen LogP contribution in [0.5, 0.6) is 0 Å². The lowest BCUT2D eigenvalue weighted by Crippen LogP contribution is -2.49. The predicted octanol–water partition coefficient (Wildman–Crippen LogP) is 2.94. The number of likely N-dealkylation sites (N-methyl/N-ethyl adjacent to an activating group) is 1. The van der Waals surface area contributed by atoms with Gasteiger partial charge >= 0.3 is 0 Å². The largest absolute Gasteiger partial charge is 0.329 e. The lowest BCUT2D eigenvalue weighted by atomic mass is 9.93. The van der Waals surface area contributed by atoms with Gasteiger partial charge in [0.1, 0.15) is 0 Å². The van der Waals surface area contributed by atoms with Crippen LogP contribution in [0, 0.1) is 12.8 Å². The molecule has 2 N–H and O–H groups in total. The molecule has 0 heterocycles. The van der Waals surface area contributed by atoms with E-state index in [1.54, 1.807) is 0 Å². The van der Waals surface area contributed by atoms with Crippen LogP contribution in [0.4, 0.5) is 0 Å². The van der Waals surface area contributed by atoms with E-state index in [4.69, 9.17) is 5.73 Å². The summed E-state index contributed by atoms with van der Waals surface area (Å²) in [6.07, 6.45) is 3.80. The van der Waals surface area contributed by atoms with E-state index in [1.807, 2.05) is 0 Å². The van der Waals surface area contributed by atoms with Crippen LogP contribution >= 0.6 is 0 Å². The van der Waals surface area contributed by atoms with Gasteiger partial charge in [-0.25, -0.2) is 0 Å². The first-order valence-electron chi connectivity index (χ1n) is 7.02. The lowest BCUT2D eigenvalue weighted by molar-refractivity contribution is 0.120. The van der Waals surface area contributed by atoms with Crippen LogP contribution < -0.4 is 5.73 Å². The Bertz CT molecular complexity index is 402. The van der Waals surface area contributed by atoms with Crippen molar-refractivity contribution < 1.29 is 0 Å². The predicted molar refractivity (Wildman–Crippen MR) is 77.4 cm³/mol. The molecular formula is C16H26N2. The second-order valence-corrected chi connectivity index (χ2v) is 6.12. The van der Waals surface area contributed by atoms with Gasteiger partial charge in [0.25, 0.3) is 0 Å². The maximum absolute atomic E-state index is 6.07. The fourth-order valence-corrected chi connectivity index (χ4v) is 3.31. The molecule has 2 nitrogen and oxygen atoms in total. The summed E-state index contributed by atoms with van der Waals surface area (Å²) in [5.74, 6) is 0.813. The van der Waals surface area contributed by atoms with Crippen LogP contribution in [0.3, 0.4) is 0 Å². The van der Waals surface area contributed by atoms with E-state index in [2.05, 4.69) is 50.1 Å². The van der Waals surface area contributed by atoms with Crippen LogP contribution in [0.1, 0.15) is 37.3 Å². The molecule has 0 saturated heterocycles. The highest BCUT2D eigenvalue weighted by Gasteiger charge is 2.39. The average Bonchev–Trinajstić information content (AvgIpc) is 2.72. The summed E-state index contributed by atoms with van der Waals surface area (Å²) in [5.41, 5.74) is 9.03. The Hall–Kier alpha value is -0.860. The van der Waals surface area contributed by atoms with E-state index in [0.29, 0.717) is 0 Å². The Kier molecular flexibility index (Phi) is 4.08. The Morgan fingerprint density at radius 1 is 1.44 bits per heavy atom. The fourth-order valence-electron chi connectivity index (χ4n) is 3.31. The third-order valence-corrected chi connectivity index (χ3v) is 4.52. The topological polar surface area (TPSA) is 29.3 Å². The monoisotopic (exact) mass is 246 g/mol. The number of hydrogen-bond donors (Lipinski definition) is 1. The minimum atomic E-state index is 0.225. The van der Waals surface area contributed by atoms with Crippen molar-refractivity contribution in [1.29, 1.82) is 0 Å². The molecule has 0 spiro atoms. The SMILES string of the molecule is Cc1cccc(CN(C)C2(CN)CCC(C)C2)c1. The quantitative estimate of drug-likeness (QED) is 0.885. The summed E-state index contributed by atoms with van der Waals surface area (Å²) < 4.78 is 0. The van der Waals surface area contributed by atoms with E-state index < -0.39 is 0 Å². The summed E-state index contributed by atoms with van der Waals surface area (Å²) in [5, 5.41) is 0. The first-order chi connectivity index (χ1) is 8.55. The minimum absolute atomic E-state index is 0.225. The van der Waals surface area contributed by atoms with Crippen LogP contribution in [-0.4, -0.2) is 24.0 Å². The van der Waals surface area contributed by atoms with Crippen molar-refractivity contribution in [3.8, 4) is 0 Å². The average molecular weight is 246 g/mol. The van der Waals surface area contributed by atoms with Crippen LogP contribution in [0.25, 0.3) is 0 Å². The second-order valence-electron chi connectivity index (χ2n) is 6.12. The zero-order valence-corrected chi connectivity index (χ0v) is 11.9. The molecule has 1 fully saturated rings. The summed E-state index contributed by atoms with van der Waals surface area (Å²) in [4.78, 5) is 2.48.